The molecule has 0 aliphatic heterocycles. The molecule has 1 aliphatic rings. The Hall–Kier alpha value is -1.36. The highest BCUT2D eigenvalue weighted by atomic mass is 16.2. The molecule has 2 amide bonds. The quantitative estimate of drug-likeness (QED) is 0.535. The zero-order valence-corrected chi connectivity index (χ0v) is 8.77. The molecule has 0 aromatic carbocycles. The summed E-state index contributed by atoms with van der Waals surface area (Å²) in [6.07, 6.45) is 4.42. The predicted molar refractivity (Wildman–Crippen MR) is 56.6 cm³/mol. The summed E-state index contributed by atoms with van der Waals surface area (Å²) in [5.74, 6) is -0.676. The highest BCUT2D eigenvalue weighted by molar-refractivity contribution is 5.82. The van der Waals surface area contributed by atoms with Gasteiger partial charge in [-0.25, -0.2) is 0 Å². The fourth-order valence-corrected chi connectivity index (χ4v) is 1.62. The topological polar surface area (TPSA) is 98.2 Å². The van der Waals surface area contributed by atoms with Crippen LogP contribution >= 0.6 is 0 Å². The van der Waals surface area contributed by atoms with E-state index in [1.165, 1.54) is 0 Å². The molecule has 5 nitrogen and oxygen atoms in total. The Morgan fingerprint density at radius 2 is 2.20 bits per heavy atom. The molecule has 5 heteroatoms. The van der Waals surface area contributed by atoms with Gasteiger partial charge in [0.25, 0.3) is 0 Å². The molecule has 0 aromatic rings. The first-order valence-electron chi connectivity index (χ1n) is 5.01. The lowest BCUT2D eigenvalue weighted by Crippen LogP contribution is -2.39. The van der Waals surface area contributed by atoms with E-state index in [0.717, 1.165) is 0 Å². The molecule has 0 saturated heterocycles. The van der Waals surface area contributed by atoms with Crippen molar-refractivity contribution in [2.24, 2.45) is 17.4 Å². The summed E-state index contributed by atoms with van der Waals surface area (Å²) in [4.78, 5) is 22.2. The summed E-state index contributed by atoms with van der Waals surface area (Å²) >= 11 is 0. The number of nitrogens with two attached hydrogens (primary N) is 2. The van der Waals surface area contributed by atoms with Crippen molar-refractivity contribution in [2.75, 3.05) is 0 Å². The van der Waals surface area contributed by atoms with Crippen molar-refractivity contribution < 1.29 is 9.59 Å². The third-order valence-electron chi connectivity index (χ3n) is 2.35. The lowest BCUT2D eigenvalue weighted by Gasteiger charge is -2.15. The van der Waals surface area contributed by atoms with Gasteiger partial charge in [0.15, 0.2) is 0 Å². The third kappa shape index (κ3) is 3.71. The fourth-order valence-electron chi connectivity index (χ4n) is 1.62. The maximum Gasteiger partial charge on any atom is 0.227 e. The summed E-state index contributed by atoms with van der Waals surface area (Å²) in [6.45, 7) is 1.75. The van der Waals surface area contributed by atoms with E-state index < -0.39 is 5.91 Å². The molecule has 84 valence electrons. The van der Waals surface area contributed by atoms with Crippen LogP contribution < -0.4 is 16.8 Å². The maximum atomic E-state index is 11.6. The predicted octanol–water partition coefficient (Wildman–Crippen LogP) is -0.730. The van der Waals surface area contributed by atoms with Crippen LogP contribution in [0.5, 0.6) is 0 Å². The van der Waals surface area contributed by atoms with Gasteiger partial charge in [-0.05, 0) is 13.3 Å². The number of rotatable bonds is 4. The molecule has 15 heavy (non-hydrogen) atoms. The van der Waals surface area contributed by atoms with Crippen LogP contribution in [0.3, 0.4) is 0 Å². The van der Waals surface area contributed by atoms with Crippen LogP contribution in [-0.2, 0) is 9.59 Å². The minimum atomic E-state index is -0.415. The second kappa shape index (κ2) is 4.93. The number of carbonyl (C=O) groups is 2. The molecule has 3 atom stereocenters. The maximum absolute atomic E-state index is 11.6. The van der Waals surface area contributed by atoms with Gasteiger partial charge in [0, 0.05) is 18.5 Å². The third-order valence-corrected chi connectivity index (χ3v) is 2.35. The van der Waals surface area contributed by atoms with E-state index in [4.69, 9.17) is 11.5 Å². The standard InChI is InChI=1S/C10H17N3O2/c1-6(4-9(12)14)13-10(15)7-2-3-8(11)5-7/h2-3,6-8H,4-5,11H2,1H3,(H2,12,14)(H,13,15). The average molecular weight is 211 g/mol. The Kier molecular flexibility index (Phi) is 3.85. The van der Waals surface area contributed by atoms with E-state index in [0.29, 0.717) is 6.42 Å². The smallest absolute Gasteiger partial charge is 0.227 e. The van der Waals surface area contributed by atoms with Crippen LogP contribution in [0.15, 0.2) is 12.2 Å². The molecule has 0 heterocycles. The van der Waals surface area contributed by atoms with Crippen LogP contribution in [0.4, 0.5) is 0 Å². The van der Waals surface area contributed by atoms with Gasteiger partial charge < -0.3 is 16.8 Å². The molecule has 0 fully saturated rings. The zero-order chi connectivity index (χ0) is 11.4. The fraction of sp³-hybridized carbons (Fsp3) is 0.600. The van der Waals surface area contributed by atoms with Gasteiger partial charge in [-0.2, -0.15) is 0 Å². The number of primary amides is 1. The minimum absolute atomic E-state index is 0.0350. The van der Waals surface area contributed by atoms with E-state index in [-0.39, 0.29) is 30.3 Å². The summed E-state index contributed by atoms with van der Waals surface area (Å²) in [7, 11) is 0. The second-order valence-electron chi connectivity index (χ2n) is 3.97. The highest BCUT2D eigenvalue weighted by Gasteiger charge is 2.23. The highest BCUT2D eigenvalue weighted by Crippen LogP contribution is 2.16. The molecule has 0 bridgehead atoms. The largest absolute Gasteiger partial charge is 0.370 e. The molecule has 0 aromatic heterocycles. The SMILES string of the molecule is CC(CC(N)=O)NC(=O)C1C=CC(N)C1. The number of nitrogens with one attached hydrogen (secondary N) is 1. The minimum Gasteiger partial charge on any atom is -0.370 e. The van der Waals surface area contributed by atoms with Crippen LogP contribution in [0.25, 0.3) is 0 Å². The van der Waals surface area contributed by atoms with Crippen molar-refractivity contribution in [2.45, 2.75) is 31.8 Å². The lowest BCUT2D eigenvalue weighted by atomic mass is 10.1. The van der Waals surface area contributed by atoms with Gasteiger partial charge in [-0.15, -0.1) is 0 Å². The van der Waals surface area contributed by atoms with Crippen LogP contribution in [0.2, 0.25) is 0 Å². The summed E-state index contributed by atoms with van der Waals surface area (Å²) in [6, 6.07) is -0.257. The van der Waals surface area contributed by atoms with Crippen molar-refractivity contribution in [1.82, 2.24) is 5.32 Å². The Morgan fingerprint density at radius 3 is 2.67 bits per heavy atom. The molecular formula is C10H17N3O2. The van der Waals surface area contributed by atoms with E-state index in [2.05, 4.69) is 5.32 Å². The van der Waals surface area contributed by atoms with E-state index in [1.807, 2.05) is 6.08 Å². The lowest BCUT2D eigenvalue weighted by molar-refractivity contribution is -0.124. The van der Waals surface area contributed by atoms with Gasteiger partial charge >= 0.3 is 0 Å². The summed E-state index contributed by atoms with van der Waals surface area (Å²) in [5, 5.41) is 2.73. The Balaban J connectivity index is 2.36. The van der Waals surface area contributed by atoms with Crippen LogP contribution in [-0.4, -0.2) is 23.9 Å². The summed E-state index contributed by atoms with van der Waals surface area (Å²) < 4.78 is 0. The first kappa shape index (κ1) is 11.7. The van der Waals surface area contributed by atoms with Gasteiger partial charge in [-0.1, -0.05) is 12.2 Å². The monoisotopic (exact) mass is 211 g/mol. The molecular weight excluding hydrogens is 194 g/mol. The van der Waals surface area contributed by atoms with E-state index in [9.17, 15) is 9.59 Å². The van der Waals surface area contributed by atoms with Gasteiger partial charge in [-0.3, -0.25) is 9.59 Å². The van der Waals surface area contributed by atoms with Crippen molar-refractivity contribution in [3.05, 3.63) is 12.2 Å². The van der Waals surface area contributed by atoms with Crippen molar-refractivity contribution in [3.8, 4) is 0 Å². The van der Waals surface area contributed by atoms with E-state index >= 15 is 0 Å². The average Bonchev–Trinajstić information content (AvgIpc) is 2.49. The van der Waals surface area contributed by atoms with Crippen molar-refractivity contribution >= 4 is 11.8 Å². The number of amides is 2. The molecule has 0 radical (unpaired) electrons. The van der Waals surface area contributed by atoms with Gasteiger partial charge in [0.05, 0.1) is 5.92 Å². The number of hydrogen-bond donors (Lipinski definition) is 3. The Bertz CT molecular complexity index is 288. The number of carbonyl (C=O) groups excluding carboxylic acids is 2. The zero-order valence-electron chi connectivity index (χ0n) is 8.77. The molecule has 0 spiro atoms. The van der Waals surface area contributed by atoms with Crippen molar-refractivity contribution in [1.29, 1.82) is 0 Å². The molecule has 1 aliphatic carbocycles. The van der Waals surface area contributed by atoms with E-state index in [1.54, 1.807) is 13.0 Å². The molecule has 0 saturated carbocycles. The number of hydrogen-bond acceptors (Lipinski definition) is 3. The van der Waals surface area contributed by atoms with Crippen LogP contribution in [0, 0.1) is 5.92 Å². The Morgan fingerprint density at radius 1 is 1.53 bits per heavy atom. The van der Waals surface area contributed by atoms with Gasteiger partial charge in [0.2, 0.25) is 11.8 Å². The first-order valence-corrected chi connectivity index (χ1v) is 5.01. The molecule has 1 rings (SSSR count). The van der Waals surface area contributed by atoms with Crippen molar-refractivity contribution in [3.63, 3.8) is 0 Å². The van der Waals surface area contributed by atoms with Crippen LogP contribution in [0.1, 0.15) is 19.8 Å². The normalized spacial score (nSPS) is 26.3. The molecule has 3 unspecified atom stereocenters. The van der Waals surface area contributed by atoms with Gasteiger partial charge in [0.1, 0.15) is 0 Å². The summed E-state index contributed by atoms with van der Waals surface area (Å²) in [5.41, 5.74) is 10.7. The first-order chi connectivity index (χ1) is 6.99. The second-order valence-corrected chi connectivity index (χ2v) is 3.97. The Labute approximate surface area is 88.9 Å². The molecule has 5 N–H and O–H groups in total.